The van der Waals surface area contributed by atoms with Crippen LogP contribution in [0.4, 0.5) is 8.78 Å². The third-order valence-electron chi connectivity index (χ3n) is 19.8. The van der Waals surface area contributed by atoms with Crippen LogP contribution in [0, 0.1) is 77.9 Å². The Morgan fingerprint density at radius 3 is 1.30 bits per heavy atom. The van der Waals surface area contributed by atoms with Gasteiger partial charge in [-0.2, -0.15) is 27.0 Å². The van der Waals surface area contributed by atoms with E-state index in [9.17, 15) is 59.2 Å². The van der Waals surface area contributed by atoms with Crippen LogP contribution < -0.4 is 16.0 Å². The summed E-state index contributed by atoms with van der Waals surface area (Å²) in [6, 6.07) is 34.0. The number of carbonyl (C=O) groups excluding carboxylic acids is 7. The van der Waals surface area contributed by atoms with E-state index in [2.05, 4.69) is 57.0 Å². The number of rotatable bonds is 27. The molecule has 118 heavy (non-hydrogen) atoms. The number of pyridine rings is 3. The standard InChI is InChI=1S/C30H26ClFN4O5S.C29H26BrFN2O4.C28H31ClN4O5S/c1-18-13-23(36-17-21(31)16-35-36)14-19(2)27(18)28-26(41-42(39,40)24-8-6-22(32)7-9-24)15-20(29(28)37)10-12-34-30(38)25-5-3-4-11-33-25;1-16-12-17(2)25(18(3)13-16)26-24(37-29(36)19-4-7-22(31)8-5-19)14-20(27(26)34)10-11-32-28(35)23-9-6-21(30)15-33-23;1-4-5-12-39(36,37)38-24-15-20(9-11-31-28(35)23-8-6-7-10-30-23)27(34)26(24)25-18(2)13-22(14-19(25)3)33-17-21(29)16-32-33/h3-9,11,13-14,16-17,20H,10,12,15H2,1-2H3,(H,34,38);4-9,12-13,15,20H,10-11,14H2,1-3H3,(H,32,35);6-8,10,13-14,16-17,20H,4-5,9,11-12,15H2,1-3H3,(H,31,35). The van der Waals surface area contributed by atoms with E-state index in [1.807, 2.05) is 91.8 Å². The van der Waals surface area contributed by atoms with Gasteiger partial charge in [-0.25, -0.2) is 27.9 Å². The van der Waals surface area contributed by atoms with Crippen LogP contribution in [0.1, 0.15) is 156 Å². The number of Topliss-reactive ketones (excluding diaryl/α,β-unsaturated/α-hetero) is 3. The van der Waals surface area contributed by atoms with Crippen molar-refractivity contribution < 1.29 is 72.3 Å². The molecule has 3 aliphatic carbocycles. The van der Waals surface area contributed by atoms with Gasteiger partial charge in [-0.1, -0.05) is 66.4 Å². The minimum atomic E-state index is -4.38. The molecule has 0 saturated carbocycles. The zero-order chi connectivity index (χ0) is 84.9. The Labute approximate surface area is 699 Å². The van der Waals surface area contributed by atoms with Crippen LogP contribution in [0.5, 0.6) is 0 Å². The van der Waals surface area contributed by atoms with Crippen molar-refractivity contribution in [1.29, 1.82) is 0 Å². The Balaban J connectivity index is 0.000000174. The Morgan fingerprint density at radius 1 is 0.508 bits per heavy atom. The second-order valence-electron chi connectivity index (χ2n) is 28.6. The van der Waals surface area contributed by atoms with Gasteiger partial charge in [0.25, 0.3) is 17.7 Å². The molecule has 0 aliphatic heterocycles. The van der Waals surface area contributed by atoms with E-state index in [0.29, 0.717) is 75.0 Å². The zero-order valence-corrected chi connectivity index (χ0v) is 70.2. The molecule has 5 aromatic heterocycles. The number of benzene rings is 5. The maximum Gasteiger partial charge on any atom is 0.343 e. The van der Waals surface area contributed by atoms with Gasteiger partial charge in [-0.15, -0.1) is 0 Å². The number of ether oxygens (including phenoxy) is 1. The highest BCUT2D eigenvalue weighted by molar-refractivity contribution is 9.10. The fourth-order valence-corrected chi connectivity index (χ4v) is 17.0. The molecule has 0 fully saturated rings. The third kappa shape index (κ3) is 21.6. The molecule has 0 radical (unpaired) electrons. The molecular formula is C87H83BrCl2F2N10O14S2. The number of nitrogens with zero attached hydrogens (tertiary/aromatic N) is 7. The Kier molecular flexibility index (Phi) is 28.7. The first kappa shape index (κ1) is 87.3. The van der Waals surface area contributed by atoms with E-state index in [1.54, 1.807) is 76.5 Å². The molecule has 5 heterocycles. The maximum atomic E-state index is 13.8. The molecule has 3 amide bonds. The molecule has 0 saturated heterocycles. The van der Waals surface area contributed by atoms with E-state index in [4.69, 9.17) is 36.3 Å². The molecule has 3 N–H and O–H groups in total. The summed E-state index contributed by atoms with van der Waals surface area (Å²) in [5.74, 6) is -4.75. The summed E-state index contributed by atoms with van der Waals surface area (Å²) in [6.07, 6.45) is 13.4. The lowest BCUT2D eigenvalue weighted by atomic mass is 9.90. The number of hydrogen-bond acceptors (Lipinski definition) is 19. The normalized spacial score (nSPS) is 15.3. The van der Waals surface area contributed by atoms with Gasteiger partial charge in [0.1, 0.15) is 50.9 Å². The van der Waals surface area contributed by atoms with Gasteiger partial charge in [0, 0.05) is 92.1 Å². The summed E-state index contributed by atoms with van der Waals surface area (Å²) in [7, 11) is -8.25. The minimum Gasteiger partial charge on any atom is -0.427 e. The van der Waals surface area contributed by atoms with Gasteiger partial charge in [0.15, 0.2) is 17.3 Å². The number of unbranched alkanes of at least 4 members (excludes halogenated alkanes) is 1. The summed E-state index contributed by atoms with van der Waals surface area (Å²) in [4.78, 5) is 103. The van der Waals surface area contributed by atoms with Crippen LogP contribution >= 0.6 is 39.1 Å². The lowest BCUT2D eigenvalue weighted by molar-refractivity contribution is -0.117. The van der Waals surface area contributed by atoms with Crippen molar-refractivity contribution in [3.63, 3.8) is 0 Å². The first-order valence-corrected chi connectivity index (χ1v) is 42.2. The molecule has 612 valence electrons. The van der Waals surface area contributed by atoms with Crippen LogP contribution in [-0.2, 0) is 47.7 Å². The minimum absolute atomic E-state index is 0.00342. The molecule has 3 unspecified atom stereocenters. The number of carbonyl (C=O) groups is 7. The number of amides is 3. The second kappa shape index (κ2) is 38.7. The number of nitrogens with one attached hydrogen (secondary N) is 3. The van der Waals surface area contributed by atoms with E-state index in [1.165, 1.54) is 49.1 Å². The highest BCUT2D eigenvalue weighted by Gasteiger charge is 2.42. The van der Waals surface area contributed by atoms with Crippen molar-refractivity contribution in [3.05, 3.63) is 299 Å². The summed E-state index contributed by atoms with van der Waals surface area (Å²) < 4.78 is 99.6. The average Bonchev–Trinajstić information content (AvgIpc) is 1.61. The van der Waals surface area contributed by atoms with Gasteiger partial charge in [0.2, 0.25) is 0 Å². The number of hydrogen-bond donors (Lipinski definition) is 3. The molecular weight excluding hydrogens is 1660 g/mol. The Morgan fingerprint density at radius 2 is 0.907 bits per heavy atom. The number of aryl methyl sites for hydroxylation is 7. The number of ketones is 3. The zero-order valence-electron chi connectivity index (χ0n) is 65.5. The van der Waals surface area contributed by atoms with Crippen molar-refractivity contribution >= 4 is 117 Å². The quantitative estimate of drug-likeness (QED) is 0.0318. The van der Waals surface area contributed by atoms with Crippen molar-refractivity contribution in [3.8, 4) is 11.4 Å². The molecule has 13 rings (SSSR count). The molecule has 3 atom stereocenters. The molecule has 10 aromatic rings. The topological polar surface area (TPSA) is 326 Å². The SMILES string of the molecule is CCCCS(=O)(=O)OC1=C(c2c(C)cc(-n3cc(Cl)cn3)cc2C)C(=O)C(CCNC(=O)c2ccccn2)C1.Cc1cc(-n2cc(Cl)cn2)cc(C)c1C1=C(OS(=O)(=O)c2ccc(F)cc2)CC(CCNC(=O)c2ccccn2)C1=O.Cc1cc(C)c(C2=C(OC(=O)c3ccc(F)cc3)CC(CCNC(=O)c3ccc(Br)cn3)C2=O)c(C)c1. The van der Waals surface area contributed by atoms with E-state index < -0.39 is 55.6 Å². The second-order valence-corrected chi connectivity index (χ2v) is 33.6. The van der Waals surface area contributed by atoms with Gasteiger partial charge < -0.3 is 29.1 Å². The third-order valence-corrected chi connectivity index (χ3v) is 23.1. The molecule has 0 spiro atoms. The lowest BCUT2D eigenvalue weighted by Gasteiger charge is -2.16. The largest absolute Gasteiger partial charge is 0.427 e. The molecule has 24 nitrogen and oxygen atoms in total. The van der Waals surface area contributed by atoms with Gasteiger partial charge in [-0.05, 0) is 249 Å². The van der Waals surface area contributed by atoms with E-state index in [-0.39, 0.29) is 136 Å². The predicted octanol–water partition coefficient (Wildman–Crippen LogP) is 15.9. The van der Waals surface area contributed by atoms with Crippen LogP contribution in [0.15, 0.2) is 203 Å². The molecule has 31 heteroatoms. The van der Waals surface area contributed by atoms with Gasteiger partial charge in [-0.3, -0.25) is 38.7 Å². The molecule has 0 bridgehead atoms. The summed E-state index contributed by atoms with van der Waals surface area (Å²) in [5.41, 5.74) is 11.1. The lowest BCUT2D eigenvalue weighted by Crippen LogP contribution is -2.27. The first-order chi connectivity index (χ1) is 56.3. The van der Waals surface area contributed by atoms with Gasteiger partial charge >= 0.3 is 26.2 Å². The fraction of sp³-hybridized carbons (Fsp3) is 0.264. The Bertz CT molecular complexity index is 5780. The predicted molar refractivity (Wildman–Crippen MR) is 444 cm³/mol. The maximum absolute atomic E-state index is 13.8. The monoisotopic (exact) mass is 1740 g/mol. The summed E-state index contributed by atoms with van der Waals surface area (Å²) in [5, 5.41) is 17.8. The summed E-state index contributed by atoms with van der Waals surface area (Å²) >= 11 is 15.4. The van der Waals surface area contributed by atoms with Crippen molar-refractivity contribution in [2.75, 3.05) is 25.4 Å². The molecule has 5 aromatic carbocycles. The highest BCUT2D eigenvalue weighted by atomic mass is 79.9. The number of aromatic nitrogens is 7. The van der Waals surface area contributed by atoms with Crippen molar-refractivity contribution in [2.24, 2.45) is 17.8 Å². The van der Waals surface area contributed by atoms with Crippen LogP contribution in [0.3, 0.4) is 0 Å². The molecule has 3 aliphatic rings. The van der Waals surface area contributed by atoms with Crippen molar-refractivity contribution in [2.45, 2.75) is 112 Å². The van der Waals surface area contributed by atoms with Crippen LogP contribution in [0.25, 0.3) is 28.1 Å². The average molecular weight is 1750 g/mol. The van der Waals surface area contributed by atoms with Crippen LogP contribution in [-0.4, -0.2) is 118 Å². The number of halogens is 5. The number of esters is 1. The van der Waals surface area contributed by atoms with Gasteiger partial charge in [0.05, 0.1) is 61.8 Å². The van der Waals surface area contributed by atoms with Crippen molar-refractivity contribution in [1.82, 2.24) is 50.5 Å². The first-order valence-electron chi connectivity index (χ1n) is 37.7. The summed E-state index contributed by atoms with van der Waals surface area (Å²) in [6.45, 7) is 15.7. The van der Waals surface area contributed by atoms with E-state index >= 15 is 0 Å². The fourth-order valence-electron chi connectivity index (χ4n) is 14.3. The number of allylic oxidation sites excluding steroid dienone is 6. The smallest absolute Gasteiger partial charge is 0.343 e. The van der Waals surface area contributed by atoms with Crippen LogP contribution in [0.2, 0.25) is 10.0 Å². The Hall–Kier alpha value is -11.5. The highest BCUT2D eigenvalue weighted by Crippen LogP contribution is 2.45. The van der Waals surface area contributed by atoms with E-state index in [0.717, 1.165) is 67.8 Å².